The van der Waals surface area contributed by atoms with Gasteiger partial charge in [-0.05, 0) is 6.54 Å². The zero-order valence-corrected chi connectivity index (χ0v) is 11.0. The summed E-state index contributed by atoms with van der Waals surface area (Å²) >= 11 is 0. The normalized spacial score (nSPS) is 11.2. The van der Waals surface area contributed by atoms with E-state index in [-0.39, 0.29) is 31.0 Å². The Kier molecular flexibility index (Phi) is 5.73. The van der Waals surface area contributed by atoms with Gasteiger partial charge < -0.3 is 9.52 Å². The van der Waals surface area contributed by atoms with Gasteiger partial charge in [0.15, 0.2) is 0 Å². The molecule has 7 nitrogen and oxygen atoms in total. The lowest BCUT2D eigenvalue weighted by molar-refractivity contribution is -0.117. The average Bonchev–Trinajstić information content (AvgIpc) is 2.77. The average molecular weight is 256 g/mol. The van der Waals surface area contributed by atoms with Gasteiger partial charge in [-0.1, -0.05) is 25.9 Å². The lowest BCUT2D eigenvalue weighted by Crippen LogP contribution is -2.35. The molecule has 0 atom stereocenters. The first kappa shape index (κ1) is 14.6. The molecule has 0 aromatic carbocycles. The third-order valence-electron chi connectivity index (χ3n) is 2.41. The Morgan fingerprint density at radius 2 is 2.22 bits per heavy atom. The predicted molar refractivity (Wildman–Crippen MR) is 66.2 cm³/mol. The summed E-state index contributed by atoms with van der Waals surface area (Å²) in [6.45, 7) is 7.15. The molecule has 7 heteroatoms. The minimum absolute atomic E-state index is 0.0270. The van der Waals surface area contributed by atoms with Crippen molar-refractivity contribution < 1.29 is 14.3 Å². The van der Waals surface area contributed by atoms with Gasteiger partial charge in [-0.3, -0.25) is 15.0 Å². The monoisotopic (exact) mass is 256 g/mol. The number of amides is 1. The molecule has 0 radical (unpaired) electrons. The molecule has 2 N–H and O–H groups in total. The van der Waals surface area contributed by atoms with Crippen LogP contribution in [0.4, 0.5) is 6.01 Å². The maximum absolute atomic E-state index is 11.7. The van der Waals surface area contributed by atoms with Crippen molar-refractivity contribution in [1.29, 1.82) is 0 Å². The minimum atomic E-state index is -0.232. The molecule has 0 saturated heterocycles. The summed E-state index contributed by atoms with van der Waals surface area (Å²) in [5.74, 6) is 0.391. The van der Waals surface area contributed by atoms with Crippen molar-refractivity contribution in [2.75, 3.05) is 31.6 Å². The largest absolute Gasteiger partial charge is 0.408 e. The van der Waals surface area contributed by atoms with E-state index in [9.17, 15) is 4.79 Å². The Morgan fingerprint density at radius 1 is 1.50 bits per heavy atom. The van der Waals surface area contributed by atoms with Crippen LogP contribution in [0.3, 0.4) is 0 Å². The van der Waals surface area contributed by atoms with Gasteiger partial charge in [0.1, 0.15) is 0 Å². The molecule has 0 spiro atoms. The van der Waals surface area contributed by atoms with Crippen LogP contribution in [0, 0.1) is 0 Å². The highest BCUT2D eigenvalue weighted by Crippen LogP contribution is 2.14. The van der Waals surface area contributed by atoms with Crippen LogP contribution in [0.15, 0.2) is 4.42 Å². The van der Waals surface area contributed by atoms with Crippen LogP contribution < -0.4 is 5.32 Å². The number of carbonyl (C=O) groups excluding carboxylic acids is 1. The van der Waals surface area contributed by atoms with Gasteiger partial charge in [0, 0.05) is 12.5 Å². The number of hydrogen-bond donors (Lipinski definition) is 2. The van der Waals surface area contributed by atoms with E-state index in [2.05, 4.69) is 15.5 Å². The molecule has 0 unspecified atom stereocenters. The van der Waals surface area contributed by atoms with Crippen molar-refractivity contribution in [1.82, 2.24) is 15.1 Å². The summed E-state index contributed by atoms with van der Waals surface area (Å²) in [7, 11) is 0. The van der Waals surface area contributed by atoms with Gasteiger partial charge in [0.05, 0.1) is 13.2 Å². The smallest absolute Gasteiger partial charge is 0.322 e. The van der Waals surface area contributed by atoms with Gasteiger partial charge >= 0.3 is 6.01 Å². The SMILES string of the molecule is CCN(CCO)CC(=O)Nc1nnc(C(C)C)o1. The van der Waals surface area contributed by atoms with Crippen molar-refractivity contribution in [3.8, 4) is 0 Å². The van der Waals surface area contributed by atoms with E-state index in [1.165, 1.54) is 0 Å². The van der Waals surface area contributed by atoms with Crippen LogP contribution in [0.1, 0.15) is 32.6 Å². The maximum Gasteiger partial charge on any atom is 0.322 e. The van der Waals surface area contributed by atoms with Crippen LogP contribution >= 0.6 is 0 Å². The van der Waals surface area contributed by atoms with Crippen molar-refractivity contribution in [2.24, 2.45) is 0 Å². The standard InChI is InChI=1S/C11H20N4O3/c1-4-15(5-6-16)7-9(17)12-11-14-13-10(18-11)8(2)3/h8,16H,4-7H2,1-3H3,(H,12,14,17). The Balaban J connectivity index is 2.48. The zero-order chi connectivity index (χ0) is 13.5. The van der Waals surface area contributed by atoms with E-state index in [0.717, 1.165) is 0 Å². The van der Waals surface area contributed by atoms with Gasteiger partial charge in [-0.25, -0.2) is 0 Å². The third kappa shape index (κ3) is 4.42. The number of likely N-dealkylation sites (N-methyl/N-ethyl adjacent to an activating group) is 1. The predicted octanol–water partition coefficient (Wildman–Crippen LogP) is 0.446. The molecule has 0 fully saturated rings. The van der Waals surface area contributed by atoms with Gasteiger partial charge in [-0.2, -0.15) is 0 Å². The molecule has 102 valence electrons. The first-order chi connectivity index (χ1) is 8.56. The van der Waals surface area contributed by atoms with E-state index in [1.54, 1.807) is 0 Å². The lowest BCUT2D eigenvalue weighted by atomic mass is 10.2. The highest BCUT2D eigenvalue weighted by molar-refractivity contribution is 5.90. The van der Waals surface area contributed by atoms with Gasteiger partial charge in [-0.15, -0.1) is 5.10 Å². The Morgan fingerprint density at radius 3 is 2.72 bits per heavy atom. The second-order valence-electron chi connectivity index (χ2n) is 4.24. The lowest BCUT2D eigenvalue weighted by Gasteiger charge is -2.17. The number of nitrogens with one attached hydrogen (secondary N) is 1. The molecule has 0 bridgehead atoms. The number of anilines is 1. The fourth-order valence-corrected chi connectivity index (χ4v) is 1.37. The van der Waals surface area contributed by atoms with Crippen molar-refractivity contribution in [3.63, 3.8) is 0 Å². The molecule has 0 saturated carbocycles. The minimum Gasteiger partial charge on any atom is -0.408 e. The number of rotatable bonds is 7. The fraction of sp³-hybridized carbons (Fsp3) is 0.727. The molecular weight excluding hydrogens is 236 g/mol. The summed E-state index contributed by atoms with van der Waals surface area (Å²) in [6.07, 6.45) is 0. The molecule has 0 aliphatic carbocycles. The van der Waals surface area contributed by atoms with Crippen LogP contribution in [0.5, 0.6) is 0 Å². The molecule has 18 heavy (non-hydrogen) atoms. The van der Waals surface area contributed by atoms with Crippen LogP contribution in [-0.4, -0.2) is 52.4 Å². The maximum atomic E-state index is 11.7. The molecule has 1 aromatic heterocycles. The topological polar surface area (TPSA) is 91.5 Å². The molecule has 1 heterocycles. The van der Waals surface area contributed by atoms with Crippen LogP contribution in [0.2, 0.25) is 0 Å². The Hall–Kier alpha value is -1.47. The Bertz CT molecular complexity index is 378. The number of aliphatic hydroxyl groups is 1. The number of aromatic nitrogens is 2. The number of aliphatic hydroxyl groups excluding tert-OH is 1. The first-order valence-electron chi connectivity index (χ1n) is 6.03. The first-order valence-corrected chi connectivity index (χ1v) is 6.03. The quantitative estimate of drug-likeness (QED) is 0.735. The van der Waals surface area contributed by atoms with Gasteiger partial charge in [0.2, 0.25) is 11.8 Å². The third-order valence-corrected chi connectivity index (χ3v) is 2.41. The van der Waals surface area contributed by atoms with Gasteiger partial charge in [0.25, 0.3) is 0 Å². The second kappa shape index (κ2) is 7.07. The van der Waals surface area contributed by atoms with E-state index in [1.807, 2.05) is 25.7 Å². The summed E-state index contributed by atoms with van der Waals surface area (Å²) < 4.78 is 5.27. The molecule has 1 rings (SSSR count). The van der Waals surface area contributed by atoms with Crippen molar-refractivity contribution >= 4 is 11.9 Å². The molecule has 1 amide bonds. The summed E-state index contributed by atoms with van der Waals surface area (Å²) in [4.78, 5) is 13.5. The molecule has 0 aliphatic heterocycles. The van der Waals surface area contributed by atoms with Crippen molar-refractivity contribution in [2.45, 2.75) is 26.7 Å². The Labute approximate surface area is 106 Å². The van der Waals surface area contributed by atoms with Crippen molar-refractivity contribution in [3.05, 3.63) is 5.89 Å². The van der Waals surface area contributed by atoms with E-state index in [0.29, 0.717) is 19.0 Å². The van der Waals surface area contributed by atoms with Crippen LogP contribution in [-0.2, 0) is 4.79 Å². The number of hydrogen-bond acceptors (Lipinski definition) is 6. The fourth-order valence-electron chi connectivity index (χ4n) is 1.37. The number of carbonyl (C=O) groups is 1. The summed E-state index contributed by atoms with van der Waals surface area (Å²) in [6, 6.07) is 0.115. The van der Waals surface area contributed by atoms with E-state index < -0.39 is 0 Å². The highest BCUT2D eigenvalue weighted by Gasteiger charge is 2.13. The van der Waals surface area contributed by atoms with E-state index >= 15 is 0 Å². The molecular formula is C11H20N4O3. The second-order valence-corrected chi connectivity index (χ2v) is 4.24. The molecule has 1 aromatic rings. The highest BCUT2D eigenvalue weighted by atomic mass is 16.4. The zero-order valence-electron chi connectivity index (χ0n) is 11.0. The molecule has 0 aliphatic rings. The van der Waals surface area contributed by atoms with E-state index in [4.69, 9.17) is 9.52 Å². The number of nitrogens with zero attached hydrogens (tertiary/aromatic N) is 3. The summed E-state index contributed by atoms with van der Waals surface area (Å²) in [5.41, 5.74) is 0. The van der Waals surface area contributed by atoms with Crippen LogP contribution in [0.25, 0.3) is 0 Å². The summed E-state index contributed by atoms with van der Waals surface area (Å²) in [5, 5.41) is 18.9.